The average Bonchev–Trinajstić information content (AvgIpc) is 3.67. The molecule has 0 fully saturated rings. The predicted molar refractivity (Wildman–Crippen MR) is 204 cm³/mol. The molecule has 0 saturated carbocycles. The van der Waals surface area contributed by atoms with Gasteiger partial charge in [0, 0.05) is 0 Å². The van der Waals surface area contributed by atoms with E-state index >= 15 is 0 Å². The van der Waals surface area contributed by atoms with Crippen LogP contribution in [0.15, 0.2) is 97.6 Å². The van der Waals surface area contributed by atoms with Gasteiger partial charge in [0.1, 0.15) is 0 Å². The van der Waals surface area contributed by atoms with E-state index in [1.807, 2.05) is 48.5 Å². The minimum absolute atomic E-state index is 0. The third-order valence-corrected chi connectivity index (χ3v) is 10.8. The first kappa shape index (κ1) is 44.6. The first-order chi connectivity index (χ1) is 25.3. The van der Waals surface area contributed by atoms with Crippen LogP contribution in [0.2, 0.25) is 13.1 Å². The molecule has 4 aliphatic heterocycles. The fourth-order valence-electron chi connectivity index (χ4n) is 4.30. The molecular formula is C26H26Cl14N4O8Si2. The Kier molecular flexibility index (Phi) is 18.2. The second-order valence-electron chi connectivity index (χ2n) is 9.72. The van der Waals surface area contributed by atoms with Crippen LogP contribution < -0.4 is 79.5 Å². The molecule has 304 valence electrons. The van der Waals surface area contributed by atoms with E-state index in [2.05, 4.69) is 0 Å². The molecule has 12 nitrogen and oxygen atoms in total. The van der Waals surface area contributed by atoms with Gasteiger partial charge in [-0.05, 0) is 0 Å². The number of nitrogens with zero attached hydrogens (tertiary/aromatic N) is 4. The maximum Gasteiger partial charge on any atom is 0.180 e. The summed E-state index contributed by atoms with van der Waals surface area (Å²) in [6.45, 7) is 3.47. The molecule has 28 heteroatoms. The van der Waals surface area contributed by atoms with Crippen molar-refractivity contribution in [3.05, 3.63) is 97.6 Å². The number of rotatable bonds is 0. The topological polar surface area (TPSA) is 89.4 Å². The summed E-state index contributed by atoms with van der Waals surface area (Å²) in [6.07, 6.45) is 7.02. The van der Waals surface area contributed by atoms with Crippen LogP contribution in [-0.4, -0.2) is 33.7 Å². The minimum Gasteiger partial charge on any atom is -1.00 e. The Labute approximate surface area is 388 Å². The van der Waals surface area contributed by atoms with Crippen LogP contribution in [0.25, 0.3) is 0 Å². The number of hydrogen-bond donors (Lipinski definition) is 0. The van der Waals surface area contributed by atoms with Gasteiger partial charge < -0.3 is 24.8 Å². The molecule has 0 aromatic carbocycles. The SMILES string of the molecule is C[Si-]12(Oc3cccc[n+]3O1)Oc1cccc[n+]1O2.C[Si-]12(Oc3cccc[n+]3O1)Oc1cccc[n+]1O2.[2H]C(Cl)(Cl)Cl.[2H]C(Cl)(Cl)Cl.[2H]C(Cl)(Cl)Cl.[2H]C(Cl)(Cl)Cl.[Cl-].[Cl-]. The van der Waals surface area contributed by atoms with Gasteiger partial charge in [-0.3, -0.25) is 0 Å². The van der Waals surface area contributed by atoms with Gasteiger partial charge >= 0.3 is 206 Å². The van der Waals surface area contributed by atoms with Crippen LogP contribution in [0.5, 0.6) is 23.5 Å². The molecule has 54 heavy (non-hydrogen) atoms. The number of halogens is 14. The molecule has 0 bridgehead atoms. The number of fused-ring (bicyclic) bond motifs is 4. The summed E-state index contributed by atoms with van der Waals surface area (Å²) in [4.78, 5) is 0. The predicted octanol–water partition coefficient (Wildman–Crippen LogP) is 1.20. The van der Waals surface area contributed by atoms with Crippen molar-refractivity contribution in [2.45, 2.75) is 30.2 Å². The van der Waals surface area contributed by atoms with Gasteiger partial charge in [-0.2, -0.15) is 0 Å². The fraction of sp³-hybridized carbons (Fsp3) is 0.231. The Bertz CT molecular complexity index is 1580. The van der Waals surface area contributed by atoms with Crippen molar-refractivity contribution in [2.75, 3.05) is 0 Å². The summed E-state index contributed by atoms with van der Waals surface area (Å²) in [5, 5.41) is 0. The Morgan fingerprint density at radius 3 is 0.722 bits per heavy atom. The second kappa shape index (κ2) is 22.0. The van der Waals surface area contributed by atoms with Gasteiger partial charge in [0.05, 0.1) is 5.48 Å². The molecule has 0 atom stereocenters. The van der Waals surface area contributed by atoms with Gasteiger partial charge in [-0.1, -0.05) is 139 Å². The molecule has 2 spiro atoms. The van der Waals surface area contributed by atoms with Crippen molar-refractivity contribution in [1.29, 1.82) is 0 Å². The first-order valence-electron chi connectivity index (χ1n) is 15.5. The van der Waals surface area contributed by atoms with E-state index in [-0.39, 0.29) is 24.8 Å². The summed E-state index contributed by atoms with van der Waals surface area (Å²) in [6, 6.07) is 22.1. The van der Waals surface area contributed by atoms with Gasteiger partial charge in [0.2, 0.25) is 0 Å². The van der Waals surface area contributed by atoms with Crippen molar-refractivity contribution in [2.24, 2.45) is 0 Å². The minimum atomic E-state index is -3.91. The largest absolute Gasteiger partial charge is 1.00 e. The van der Waals surface area contributed by atoms with Gasteiger partial charge in [-0.25, -0.2) is 0 Å². The van der Waals surface area contributed by atoms with E-state index in [4.69, 9.17) is 181 Å². The van der Waals surface area contributed by atoms with Gasteiger partial charge in [-0.15, -0.1) is 0 Å². The number of pyridine rings is 4. The normalized spacial score (nSPS) is 19.4. The fourth-order valence-corrected chi connectivity index (χ4v) is 9.59. The van der Waals surface area contributed by atoms with Crippen LogP contribution in [-0.2, 0) is 0 Å². The van der Waals surface area contributed by atoms with E-state index in [9.17, 15) is 0 Å². The Morgan fingerprint density at radius 2 is 0.574 bits per heavy atom. The summed E-state index contributed by atoms with van der Waals surface area (Å²) in [5.41, 5.74) is 0. The summed E-state index contributed by atoms with van der Waals surface area (Å²) in [5.74, 6) is 2.28. The van der Waals surface area contributed by atoms with Crippen LogP contribution in [0.1, 0.15) is 5.48 Å². The average molecular weight is 1080 g/mol. The molecule has 0 unspecified atom stereocenters. The summed E-state index contributed by atoms with van der Waals surface area (Å²) < 4.78 is 70.4. The van der Waals surface area contributed by atoms with E-state index in [1.165, 1.54) is 18.9 Å². The molecule has 0 amide bonds. The van der Waals surface area contributed by atoms with E-state index in [0.29, 0.717) is 23.5 Å². The molecule has 8 rings (SSSR count). The number of alkyl halides is 12. The molecule has 0 saturated heterocycles. The zero-order chi connectivity index (χ0) is 42.5. The standard InChI is InChI=1S/2C11H11N2O4Si.4CHCl3.2ClH/c2*1-18(14-10-6-2-4-8-12(10)16-18)15-11-7-3-5-9-13(11)17-18;4*2-1(3)4;;/h2*2-9H,1H3;4*1H;2*1H/q2*+1;;;;;;/p-2/i;;4*1D;;. The Hall–Kier alpha value is -0.506. The molecule has 4 aromatic heterocycles. The third-order valence-electron chi connectivity index (χ3n) is 5.69. The molecule has 0 radical (unpaired) electrons. The molecule has 0 aliphatic carbocycles. The van der Waals surface area contributed by atoms with Crippen molar-refractivity contribution in [3.8, 4) is 23.5 Å². The monoisotopic (exact) mass is 1070 g/mol. The summed E-state index contributed by atoms with van der Waals surface area (Å²) >= 11 is 56.7. The van der Waals surface area contributed by atoms with Crippen LogP contribution in [0.3, 0.4) is 0 Å². The maximum atomic E-state index is 6.23. The third kappa shape index (κ3) is 15.7. The van der Waals surface area contributed by atoms with E-state index < -0.39 is 33.7 Å². The van der Waals surface area contributed by atoms with Crippen LogP contribution >= 0.6 is 139 Å². The molecular weight excluding hydrogens is 1050 g/mol. The number of aromatic nitrogens is 4. The van der Waals surface area contributed by atoms with E-state index in [0.717, 1.165) is 0 Å². The van der Waals surface area contributed by atoms with Crippen molar-refractivity contribution < 1.29 is 85.0 Å². The smallest absolute Gasteiger partial charge is 0.180 e. The molecule has 4 aliphatic rings. The van der Waals surface area contributed by atoms with Gasteiger partial charge in [0.25, 0.3) is 0 Å². The van der Waals surface area contributed by atoms with Crippen molar-refractivity contribution >= 4 is 156 Å². The molecule has 8 heterocycles. The first-order valence-corrected chi connectivity index (χ1v) is 23.3. The molecule has 4 aromatic rings. The summed E-state index contributed by atoms with van der Waals surface area (Å²) in [7, 11) is -7.82. The Morgan fingerprint density at radius 1 is 0.407 bits per heavy atom. The van der Waals surface area contributed by atoms with Gasteiger partial charge in [0.15, 0.2) is 17.1 Å². The maximum absolute atomic E-state index is 6.23. The molecule has 0 N–H and O–H groups in total. The Balaban J connectivity index is 0.000000392. The van der Waals surface area contributed by atoms with E-state index in [1.54, 1.807) is 62.1 Å². The van der Waals surface area contributed by atoms with Crippen LogP contribution in [0, 0.1) is 0 Å². The number of hydrogen-bond acceptors (Lipinski definition) is 8. The van der Waals surface area contributed by atoms with Crippen molar-refractivity contribution in [3.63, 3.8) is 0 Å². The zero-order valence-corrected chi connectivity index (χ0v) is 39.2. The van der Waals surface area contributed by atoms with Crippen molar-refractivity contribution in [1.82, 2.24) is 0 Å². The van der Waals surface area contributed by atoms with Crippen LogP contribution in [0.4, 0.5) is 0 Å². The second-order valence-corrected chi connectivity index (χ2v) is 23.4. The zero-order valence-electron chi connectivity index (χ0n) is 30.6. The quantitative estimate of drug-likeness (QED) is 0.148.